The minimum absolute atomic E-state index is 0.510. The van der Waals surface area contributed by atoms with Crippen LogP contribution in [0.3, 0.4) is 0 Å². The molecule has 0 radical (unpaired) electrons. The summed E-state index contributed by atoms with van der Waals surface area (Å²) in [6.07, 6.45) is 7.13. The van der Waals surface area contributed by atoms with Gasteiger partial charge in [-0.15, -0.1) is 0 Å². The molecule has 0 saturated heterocycles. The van der Waals surface area contributed by atoms with E-state index in [9.17, 15) is 0 Å². The topological polar surface area (TPSA) is 0 Å². The van der Waals surface area contributed by atoms with E-state index in [-0.39, 0.29) is 0 Å². The second-order valence-corrected chi connectivity index (χ2v) is 15.5. The van der Waals surface area contributed by atoms with Crippen LogP contribution < -0.4 is 0 Å². The first-order valence-electron chi connectivity index (χ1n) is 7.02. The number of hydrogen-bond acceptors (Lipinski definition) is 0. The average Bonchev–Trinajstić information content (AvgIpc) is 2.11. The van der Waals surface area contributed by atoms with Crippen LogP contribution in [0.25, 0.3) is 0 Å². The summed E-state index contributed by atoms with van der Waals surface area (Å²) >= 11 is 0. The predicted octanol–water partition coefficient (Wildman–Crippen LogP) is 5.44. The molecule has 100 valence electrons. The van der Waals surface area contributed by atoms with E-state index in [0.29, 0.717) is 5.16 Å². The first-order chi connectivity index (χ1) is 7.02. The molecule has 0 rings (SSSR count). The van der Waals surface area contributed by atoms with Crippen molar-refractivity contribution in [2.45, 2.75) is 66.0 Å². The van der Waals surface area contributed by atoms with Crippen LogP contribution in [0, 0.1) is 5.92 Å². The number of rotatable bonds is 6. The number of unbranched alkanes of at least 4 members (excludes halogenated alkanes) is 1. The van der Waals surface area contributed by atoms with Gasteiger partial charge in [-0.1, -0.05) is 0 Å². The number of hydrogen-bond donors (Lipinski definition) is 0. The third-order valence-electron chi connectivity index (χ3n) is 4.94. The second-order valence-electron chi connectivity index (χ2n) is 7.85. The molecule has 0 unspecified atom stereocenters. The molecule has 0 aliphatic rings. The molecule has 0 amide bonds. The second kappa shape index (κ2) is 5.38. The fourth-order valence-corrected chi connectivity index (χ4v) is 6.36. The SMILES string of the molecule is CCCCP(C)(C)(CCC(C)C)C(C)(C)C. The van der Waals surface area contributed by atoms with Gasteiger partial charge in [0.05, 0.1) is 0 Å². The van der Waals surface area contributed by atoms with Crippen LogP contribution in [0.4, 0.5) is 0 Å². The van der Waals surface area contributed by atoms with Crippen molar-refractivity contribution < 1.29 is 0 Å². The van der Waals surface area contributed by atoms with Crippen LogP contribution in [0.15, 0.2) is 0 Å². The van der Waals surface area contributed by atoms with E-state index in [1.165, 1.54) is 31.6 Å². The van der Waals surface area contributed by atoms with E-state index in [4.69, 9.17) is 0 Å². The van der Waals surface area contributed by atoms with Crippen molar-refractivity contribution in [1.29, 1.82) is 0 Å². The first-order valence-corrected chi connectivity index (χ1v) is 10.5. The monoisotopic (exact) mass is 246 g/mol. The molecule has 0 aliphatic heterocycles. The molecule has 0 aromatic heterocycles. The van der Waals surface area contributed by atoms with Crippen molar-refractivity contribution in [1.82, 2.24) is 0 Å². The van der Waals surface area contributed by atoms with Gasteiger partial charge in [0.25, 0.3) is 0 Å². The van der Waals surface area contributed by atoms with Crippen LogP contribution in [0.5, 0.6) is 0 Å². The fraction of sp³-hybridized carbons (Fsp3) is 1.00. The standard InChI is InChI=1S/C15H35P/c1-9-10-12-16(7,8,15(4,5)6)13-11-14(2)3/h14H,9-13H2,1-8H3. The Morgan fingerprint density at radius 1 is 1.00 bits per heavy atom. The van der Waals surface area contributed by atoms with Crippen LogP contribution in [0.1, 0.15) is 60.8 Å². The Bertz CT molecular complexity index is 208. The third kappa shape index (κ3) is 4.02. The Hall–Kier alpha value is 0.430. The molecule has 0 saturated carbocycles. The average molecular weight is 246 g/mol. The van der Waals surface area contributed by atoms with Crippen molar-refractivity contribution in [3.8, 4) is 0 Å². The zero-order chi connectivity index (χ0) is 13.1. The van der Waals surface area contributed by atoms with Gasteiger partial charge in [0.1, 0.15) is 0 Å². The van der Waals surface area contributed by atoms with Gasteiger partial charge in [0.15, 0.2) is 0 Å². The van der Waals surface area contributed by atoms with Crippen LogP contribution in [-0.4, -0.2) is 30.8 Å². The quantitative estimate of drug-likeness (QED) is 0.547. The summed E-state index contributed by atoms with van der Waals surface area (Å²) in [5.41, 5.74) is 0. The molecule has 0 N–H and O–H groups in total. The van der Waals surface area contributed by atoms with Crippen molar-refractivity contribution >= 4 is 6.60 Å². The molecule has 0 heterocycles. The van der Waals surface area contributed by atoms with E-state index in [2.05, 4.69) is 54.9 Å². The van der Waals surface area contributed by atoms with Crippen LogP contribution >= 0.6 is 6.60 Å². The van der Waals surface area contributed by atoms with E-state index in [0.717, 1.165) is 5.92 Å². The maximum atomic E-state index is 2.64. The van der Waals surface area contributed by atoms with Crippen molar-refractivity contribution in [3.63, 3.8) is 0 Å². The summed E-state index contributed by atoms with van der Waals surface area (Å²) < 4.78 is 0. The summed E-state index contributed by atoms with van der Waals surface area (Å²) in [7, 11) is 0. The minimum atomic E-state index is -1.51. The van der Waals surface area contributed by atoms with Crippen LogP contribution in [0.2, 0.25) is 0 Å². The Morgan fingerprint density at radius 3 is 1.81 bits per heavy atom. The molecule has 0 spiro atoms. The maximum absolute atomic E-state index is 2.64. The Labute approximate surface area is 105 Å². The molecule has 0 bridgehead atoms. The normalized spacial score (nSPS) is 16.2. The van der Waals surface area contributed by atoms with Gasteiger partial charge in [-0.3, -0.25) is 0 Å². The summed E-state index contributed by atoms with van der Waals surface area (Å²) in [4.78, 5) is 0. The molecular formula is C15H35P. The first kappa shape index (κ1) is 16.4. The molecule has 0 nitrogen and oxygen atoms in total. The van der Waals surface area contributed by atoms with Crippen LogP contribution in [-0.2, 0) is 0 Å². The van der Waals surface area contributed by atoms with Crippen molar-refractivity contribution in [2.24, 2.45) is 5.92 Å². The Balaban J connectivity index is 4.86. The van der Waals surface area contributed by atoms with Gasteiger partial charge in [-0.05, 0) is 0 Å². The van der Waals surface area contributed by atoms with Gasteiger partial charge in [-0.2, -0.15) is 0 Å². The summed E-state index contributed by atoms with van der Waals surface area (Å²) in [6.45, 7) is 18.2. The van der Waals surface area contributed by atoms with Crippen molar-refractivity contribution in [2.75, 3.05) is 25.7 Å². The summed E-state index contributed by atoms with van der Waals surface area (Å²) in [5.74, 6) is 0.852. The molecule has 1 heteroatoms. The molecular weight excluding hydrogens is 211 g/mol. The van der Waals surface area contributed by atoms with Gasteiger partial charge in [0.2, 0.25) is 0 Å². The summed E-state index contributed by atoms with van der Waals surface area (Å²) in [6, 6.07) is 0. The van der Waals surface area contributed by atoms with Gasteiger partial charge in [-0.25, -0.2) is 0 Å². The van der Waals surface area contributed by atoms with Gasteiger partial charge in [0, 0.05) is 0 Å². The van der Waals surface area contributed by atoms with E-state index >= 15 is 0 Å². The molecule has 16 heavy (non-hydrogen) atoms. The molecule has 0 aliphatic carbocycles. The van der Waals surface area contributed by atoms with E-state index < -0.39 is 6.60 Å². The zero-order valence-corrected chi connectivity index (χ0v) is 14.0. The third-order valence-corrected chi connectivity index (χ3v) is 13.0. The molecule has 0 atom stereocenters. The van der Waals surface area contributed by atoms with Crippen molar-refractivity contribution in [3.05, 3.63) is 0 Å². The Kier molecular flexibility index (Phi) is 5.53. The zero-order valence-electron chi connectivity index (χ0n) is 13.1. The summed E-state index contributed by atoms with van der Waals surface area (Å²) in [5, 5.41) is 0.510. The van der Waals surface area contributed by atoms with E-state index in [1.807, 2.05) is 0 Å². The van der Waals surface area contributed by atoms with Gasteiger partial charge >= 0.3 is 104 Å². The predicted molar refractivity (Wildman–Crippen MR) is 82.6 cm³/mol. The molecule has 0 aromatic carbocycles. The molecule has 0 fully saturated rings. The molecule has 0 aromatic rings. The fourth-order valence-electron chi connectivity index (χ4n) is 2.12. The van der Waals surface area contributed by atoms with E-state index in [1.54, 1.807) is 0 Å². The van der Waals surface area contributed by atoms with Gasteiger partial charge < -0.3 is 0 Å². The Morgan fingerprint density at radius 2 is 1.50 bits per heavy atom.